The SMILES string of the molecule is CCC(C)CC(NN)C1(N2CCOCC2)CCCC1. The van der Waals surface area contributed by atoms with Crippen molar-refractivity contribution in [1.29, 1.82) is 0 Å². The number of rotatable bonds is 6. The molecule has 1 saturated heterocycles. The second-order valence-electron chi connectivity index (χ2n) is 6.38. The van der Waals surface area contributed by atoms with Crippen molar-refractivity contribution in [2.24, 2.45) is 11.8 Å². The van der Waals surface area contributed by atoms with Gasteiger partial charge in [0.05, 0.1) is 13.2 Å². The molecule has 0 aromatic carbocycles. The molecule has 0 radical (unpaired) electrons. The lowest BCUT2D eigenvalue weighted by Gasteiger charge is -2.48. The zero-order chi connectivity index (χ0) is 13.7. The van der Waals surface area contributed by atoms with Crippen LogP contribution >= 0.6 is 0 Å². The van der Waals surface area contributed by atoms with Gasteiger partial charge in [-0.25, -0.2) is 0 Å². The van der Waals surface area contributed by atoms with Crippen LogP contribution < -0.4 is 11.3 Å². The average Bonchev–Trinajstić information content (AvgIpc) is 2.96. The molecule has 0 amide bonds. The molecule has 0 spiro atoms. The summed E-state index contributed by atoms with van der Waals surface area (Å²) in [5.74, 6) is 6.68. The fraction of sp³-hybridized carbons (Fsp3) is 1.00. The van der Waals surface area contributed by atoms with E-state index in [1.807, 2.05) is 0 Å². The lowest BCUT2D eigenvalue weighted by atomic mass is 9.81. The summed E-state index contributed by atoms with van der Waals surface area (Å²) in [7, 11) is 0. The fourth-order valence-electron chi connectivity index (χ4n) is 3.89. The lowest BCUT2D eigenvalue weighted by molar-refractivity contribution is -0.0388. The van der Waals surface area contributed by atoms with Crippen molar-refractivity contribution in [1.82, 2.24) is 10.3 Å². The molecule has 2 unspecified atom stereocenters. The Kier molecular flexibility index (Phi) is 5.63. The first-order chi connectivity index (χ1) is 9.23. The summed E-state index contributed by atoms with van der Waals surface area (Å²) in [5, 5.41) is 0. The standard InChI is InChI=1S/C15H31N3O/c1-3-13(2)12-14(17-16)15(6-4-5-7-15)18-8-10-19-11-9-18/h13-14,17H,3-12,16H2,1-2H3. The van der Waals surface area contributed by atoms with Crippen molar-refractivity contribution in [3.05, 3.63) is 0 Å². The Morgan fingerprint density at radius 2 is 1.89 bits per heavy atom. The topological polar surface area (TPSA) is 50.5 Å². The van der Waals surface area contributed by atoms with E-state index in [1.54, 1.807) is 0 Å². The molecule has 1 aliphatic heterocycles. The van der Waals surface area contributed by atoms with Gasteiger partial charge in [0.2, 0.25) is 0 Å². The third kappa shape index (κ3) is 3.30. The van der Waals surface area contributed by atoms with Crippen molar-refractivity contribution in [3.63, 3.8) is 0 Å². The number of hydrogen-bond acceptors (Lipinski definition) is 4. The smallest absolute Gasteiger partial charge is 0.0594 e. The first-order valence-corrected chi connectivity index (χ1v) is 8.02. The second-order valence-corrected chi connectivity index (χ2v) is 6.38. The van der Waals surface area contributed by atoms with Crippen LogP contribution in [0.5, 0.6) is 0 Å². The maximum Gasteiger partial charge on any atom is 0.0594 e. The van der Waals surface area contributed by atoms with E-state index in [2.05, 4.69) is 24.2 Å². The quantitative estimate of drug-likeness (QED) is 0.571. The zero-order valence-electron chi connectivity index (χ0n) is 12.7. The molecule has 3 N–H and O–H groups in total. The predicted octanol–water partition coefficient (Wildman–Crippen LogP) is 1.90. The van der Waals surface area contributed by atoms with Crippen molar-refractivity contribution in [3.8, 4) is 0 Å². The number of ether oxygens (including phenoxy) is 1. The highest BCUT2D eigenvalue weighted by Gasteiger charge is 2.46. The molecule has 0 bridgehead atoms. The number of hydrogen-bond donors (Lipinski definition) is 2. The molecule has 1 heterocycles. The van der Waals surface area contributed by atoms with Crippen molar-refractivity contribution in [2.45, 2.75) is 64.0 Å². The van der Waals surface area contributed by atoms with E-state index < -0.39 is 0 Å². The minimum Gasteiger partial charge on any atom is -0.379 e. The van der Waals surface area contributed by atoms with Crippen LogP contribution in [-0.4, -0.2) is 42.8 Å². The Hall–Kier alpha value is -0.160. The van der Waals surface area contributed by atoms with Crippen molar-refractivity contribution in [2.75, 3.05) is 26.3 Å². The molecule has 2 aliphatic rings. The van der Waals surface area contributed by atoms with Gasteiger partial charge in [-0.05, 0) is 25.2 Å². The van der Waals surface area contributed by atoms with Gasteiger partial charge in [0.25, 0.3) is 0 Å². The van der Waals surface area contributed by atoms with Crippen LogP contribution in [0.3, 0.4) is 0 Å². The van der Waals surface area contributed by atoms with E-state index in [0.717, 1.165) is 32.2 Å². The molecule has 2 fully saturated rings. The number of morpholine rings is 1. The molecule has 4 heteroatoms. The van der Waals surface area contributed by atoms with Crippen molar-refractivity contribution >= 4 is 0 Å². The highest BCUT2D eigenvalue weighted by molar-refractivity contribution is 5.03. The van der Waals surface area contributed by atoms with Crippen LogP contribution in [0, 0.1) is 5.92 Å². The minimum absolute atomic E-state index is 0.280. The maximum absolute atomic E-state index is 5.94. The van der Waals surface area contributed by atoms with Gasteiger partial charge in [0, 0.05) is 24.7 Å². The summed E-state index contributed by atoms with van der Waals surface area (Å²) in [5.41, 5.74) is 3.44. The molecule has 0 aromatic heterocycles. The number of nitrogens with zero attached hydrogens (tertiary/aromatic N) is 1. The fourth-order valence-corrected chi connectivity index (χ4v) is 3.89. The molecule has 19 heavy (non-hydrogen) atoms. The lowest BCUT2D eigenvalue weighted by Crippen LogP contribution is -2.63. The summed E-state index contributed by atoms with van der Waals surface area (Å²) < 4.78 is 5.53. The molecular formula is C15H31N3O. The van der Waals surface area contributed by atoms with Crippen LogP contribution in [0.15, 0.2) is 0 Å². The minimum atomic E-state index is 0.280. The monoisotopic (exact) mass is 269 g/mol. The average molecular weight is 269 g/mol. The largest absolute Gasteiger partial charge is 0.379 e. The first-order valence-electron chi connectivity index (χ1n) is 8.02. The Bertz CT molecular complexity index is 260. The summed E-state index contributed by atoms with van der Waals surface area (Å²) in [6, 6.07) is 0.419. The highest BCUT2D eigenvalue weighted by atomic mass is 16.5. The normalized spacial score (nSPS) is 27.3. The molecule has 112 valence electrons. The third-order valence-corrected chi connectivity index (χ3v) is 5.30. The molecule has 0 aromatic rings. The molecule has 1 saturated carbocycles. The molecule has 1 aliphatic carbocycles. The van der Waals surface area contributed by atoms with Crippen LogP contribution in [0.2, 0.25) is 0 Å². The number of nitrogens with one attached hydrogen (secondary N) is 1. The number of nitrogens with two attached hydrogens (primary N) is 1. The molecule has 4 nitrogen and oxygen atoms in total. The highest BCUT2D eigenvalue weighted by Crippen LogP contribution is 2.40. The molecule has 2 rings (SSSR count). The van der Waals surface area contributed by atoms with Crippen molar-refractivity contribution < 1.29 is 4.74 Å². The Morgan fingerprint density at radius 3 is 2.42 bits per heavy atom. The van der Waals surface area contributed by atoms with E-state index in [-0.39, 0.29) is 5.54 Å². The number of hydrazine groups is 1. The summed E-state index contributed by atoms with van der Waals surface area (Å²) >= 11 is 0. The molecular weight excluding hydrogens is 238 g/mol. The predicted molar refractivity (Wildman–Crippen MR) is 78.8 cm³/mol. The Balaban J connectivity index is 2.11. The third-order valence-electron chi connectivity index (χ3n) is 5.30. The van der Waals surface area contributed by atoms with Gasteiger partial charge in [-0.3, -0.25) is 16.2 Å². The zero-order valence-corrected chi connectivity index (χ0v) is 12.7. The van der Waals surface area contributed by atoms with Gasteiger partial charge >= 0.3 is 0 Å². The van der Waals surface area contributed by atoms with Gasteiger partial charge < -0.3 is 4.74 Å². The van der Waals surface area contributed by atoms with E-state index in [9.17, 15) is 0 Å². The van der Waals surface area contributed by atoms with Gasteiger partial charge in [-0.2, -0.15) is 0 Å². The van der Waals surface area contributed by atoms with Gasteiger partial charge in [0.15, 0.2) is 0 Å². The van der Waals surface area contributed by atoms with E-state index >= 15 is 0 Å². The Morgan fingerprint density at radius 1 is 1.26 bits per heavy atom. The Labute approximate surface area is 118 Å². The van der Waals surface area contributed by atoms with Crippen LogP contribution in [-0.2, 0) is 4.74 Å². The summed E-state index contributed by atoms with van der Waals surface area (Å²) in [6.45, 7) is 8.50. The van der Waals surface area contributed by atoms with Crippen LogP contribution in [0.25, 0.3) is 0 Å². The van der Waals surface area contributed by atoms with Gasteiger partial charge in [0.1, 0.15) is 0 Å². The first kappa shape index (κ1) is 15.2. The molecule has 2 atom stereocenters. The summed E-state index contributed by atoms with van der Waals surface area (Å²) in [4.78, 5) is 2.66. The summed E-state index contributed by atoms with van der Waals surface area (Å²) in [6.07, 6.45) is 7.68. The van der Waals surface area contributed by atoms with Crippen LogP contribution in [0.1, 0.15) is 52.4 Å². The van der Waals surface area contributed by atoms with Gasteiger partial charge in [-0.15, -0.1) is 0 Å². The maximum atomic E-state index is 5.94. The second kappa shape index (κ2) is 7.02. The van der Waals surface area contributed by atoms with E-state index in [1.165, 1.54) is 38.5 Å². The van der Waals surface area contributed by atoms with E-state index in [0.29, 0.717) is 6.04 Å². The van der Waals surface area contributed by atoms with E-state index in [4.69, 9.17) is 10.6 Å². The van der Waals surface area contributed by atoms with Gasteiger partial charge in [-0.1, -0.05) is 33.1 Å². The van der Waals surface area contributed by atoms with Crippen LogP contribution in [0.4, 0.5) is 0 Å².